The molecule has 0 aromatic carbocycles. The van der Waals surface area contributed by atoms with E-state index in [1.54, 1.807) is 6.92 Å². The maximum Gasteiger partial charge on any atom is 0.270 e. The first-order chi connectivity index (χ1) is 5.61. The Morgan fingerprint density at radius 3 is 2.83 bits per heavy atom. The molecule has 1 aliphatic rings. The molecule has 1 saturated carbocycles. The largest absolute Gasteiger partial charge is 0.270 e. The van der Waals surface area contributed by atoms with Crippen LogP contribution in [0.5, 0.6) is 0 Å². The van der Waals surface area contributed by atoms with E-state index in [1.807, 2.05) is 6.07 Å². The van der Waals surface area contributed by atoms with E-state index in [9.17, 15) is 8.42 Å². The van der Waals surface area contributed by atoms with Crippen LogP contribution in [-0.2, 0) is 14.3 Å². The van der Waals surface area contributed by atoms with Gasteiger partial charge >= 0.3 is 0 Å². The molecule has 2 atom stereocenters. The molecule has 0 radical (unpaired) electrons. The normalized spacial score (nSPS) is 28.0. The van der Waals surface area contributed by atoms with Crippen molar-refractivity contribution in [1.29, 1.82) is 5.26 Å². The van der Waals surface area contributed by atoms with E-state index in [4.69, 9.17) is 5.26 Å². The molecule has 5 heteroatoms. The van der Waals surface area contributed by atoms with Crippen molar-refractivity contribution in [3.8, 4) is 6.07 Å². The summed E-state index contributed by atoms with van der Waals surface area (Å²) in [6.45, 7) is 1.82. The van der Waals surface area contributed by atoms with E-state index in [1.165, 1.54) is 0 Å². The fourth-order valence-electron chi connectivity index (χ4n) is 1.16. The fraction of sp³-hybridized carbons (Fsp3) is 0.857. The van der Waals surface area contributed by atoms with E-state index in [2.05, 4.69) is 4.18 Å². The smallest absolute Gasteiger partial charge is 0.270 e. The number of hydrogen-bond acceptors (Lipinski definition) is 4. The first kappa shape index (κ1) is 9.49. The Balaban J connectivity index is 2.48. The van der Waals surface area contributed by atoms with Gasteiger partial charge in [-0.25, -0.2) is 0 Å². The van der Waals surface area contributed by atoms with E-state index in [0.717, 1.165) is 0 Å². The molecule has 1 aliphatic carbocycles. The van der Waals surface area contributed by atoms with Gasteiger partial charge in [0, 0.05) is 6.42 Å². The predicted octanol–water partition coefficient (Wildman–Crippen LogP) is 0.655. The van der Waals surface area contributed by atoms with Crippen LogP contribution in [0.4, 0.5) is 0 Å². The molecule has 0 saturated heterocycles. The molecule has 0 amide bonds. The van der Waals surface area contributed by atoms with Crippen LogP contribution in [0, 0.1) is 17.2 Å². The summed E-state index contributed by atoms with van der Waals surface area (Å²) < 4.78 is 26.9. The van der Waals surface area contributed by atoms with Gasteiger partial charge in [0.05, 0.1) is 17.9 Å². The predicted molar refractivity (Wildman–Crippen MR) is 42.7 cm³/mol. The average Bonchev–Trinajstić information content (AvgIpc) is 2.68. The van der Waals surface area contributed by atoms with E-state index in [-0.39, 0.29) is 12.5 Å². The van der Waals surface area contributed by atoms with Crippen LogP contribution in [0.15, 0.2) is 0 Å². The number of nitriles is 1. The first-order valence-corrected chi connectivity index (χ1v) is 5.34. The minimum absolute atomic E-state index is 0.00606. The maximum absolute atomic E-state index is 11.1. The molecule has 68 valence electrons. The molecule has 0 unspecified atom stereocenters. The van der Waals surface area contributed by atoms with Gasteiger partial charge in [0.25, 0.3) is 10.1 Å². The number of nitrogens with zero attached hydrogens (tertiary/aromatic N) is 1. The lowest BCUT2D eigenvalue weighted by Crippen LogP contribution is -2.12. The van der Waals surface area contributed by atoms with Gasteiger partial charge in [-0.3, -0.25) is 4.18 Å². The summed E-state index contributed by atoms with van der Waals surface area (Å²) in [5.41, 5.74) is 0. The second-order valence-electron chi connectivity index (χ2n) is 2.80. The molecule has 0 aromatic heterocycles. The highest BCUT2D eigenvalue weighted by molar-refractivity contribution is 7.87. The summed E-state index contributed by atoms with van der Waals surface area (Å²) in [6, 6.07) is 1.95. The van der Waals surface area contributed by atoms with E-state index < -0.39 is 15.4 Å². The lowest BCUT2D eigenvalue weighted by Gasteiger charge is -1.99. The van der Waals surface area contributed by atoms with Gasteiger partial charge in [-0.05, 0) is 19.3 Å². The van der Waals surface area contributed by atoms with E-state index in [0.29, 0.717) is 12.8 Å². The molecule has 0 heterocycles. The molecular formula is C7H11NO3S. The molecule has 0 aliphatic heterocycles. The Morgan fingerprint density at radius 1 is 1.67 bits per heavy atom. The molecule has 0 aromatic rings. The first-order valence-electron chi connectivity index (χ1n) is 3.87. The second kappa shape index (κ2) is 3.42. The maximum atomic E-state index is 11.1. The van der Waals surface area contributed by atoms with Crippen molar-refractivity contribution >= 4 is 10.1 Å². The zero-order valence-corrected chi connectivity index (χ0v) is 7.67. The minimum Gasteiger partial charge on any atom is -0.270 e. The summed E-state index contributed by atoms with van der Waals surface area (Å²) in [6.07, 6.45) is 0.896. The van der Waals surface area contributed by atoms with Crippen molar-refractivity contribution < 1.29 is 12.6 Å². The van der Waals surface area contributed by atoms with Gasteiger partial charge in [-0.15, -0.1) is 0 Å². The summed E-state index contributed by atoms with van der Waals surface area (Å²) in [5, 5.41) is 7.89. The molecular weight excluding hydrogens is 178 g/mol. The van der Waals surface area contributed by atoms with Gasteiger partial charge in [-0.1, -0.05) is 0 Å². The summed E-state index contributed by atoms with van der Waals surface area (Å²) in [5.74, 6) is 0.00606. The van der Waals surface area contributed by atoms with Crippen LogP contribution in [0.3, 0.4) is 0 Å². The molecule has 0 spiro atoms. The zero-order chi connectivity index (χ0) is 9.19. The van der Waals surface area contributed by atoms with Crippen molar-refractivity contribution in [3.05, 3.63) is 0 Å². The Labute approximate surface area is 72.3 Å². The molecule has 1 fully saturated rings. The summed E-state index contributed by atoms with van der Waals surface area (Å²) in [4.78, 5) is 0. The quantitative estimate of drug-likeness (QED) is 0.609. The third kappa shape index (κ3) is 1.96. The summed E-state index contributed by atoms with van der Waals surface area (Å²) in [7, 11) is -3.36. The van der Waals surface area contributed by atoms with Crippen LogP contribution >= 0.6 is 0 Å². The fourth-order valence-corrected chi connectivity index (χ4v) is 2.71. The van der Waals surface area contributed by atoms with Crippen LogP contribution in [0.2, 0.25) is 0 Å². The van der Waals surface area contributed by atoms with Crippen LogP contribution in [0.1, 0.15) is 19.8 Å². The average molecular weight is 189 g/mol. The highest BCUT2D eigenvalue weighted by Gasteiger charge is 2.47. The van der Waals surface area contributed by atoms with Gasteiger partial charge in [0.1, 0.15) is 0 Å². The van der Waals surface area contributed by atoms with Crippen LogP contribution in [-0.4, -0.2) is 20.3 Å². The molecule has 12 heavy (non-hydrogen) atoms. The van der Waals surface area contributed by atoms with Crippen molar-refractivity contribution in [2.45, 2.75) is 25.0 Å². The highest BCUT2D eigenvalue weighted by Crippen LogP contribution is 2.40. The molecule has 0 bridgehead atoms. The second-order valence-corrected chi connectivity index (χ2v) is 4.62. The van der Waals surface area contributed by atoms with Crippen molar-refractivity contribution in [3.63, 3.8) is 0 Å². The molecule has 4 nitrogen and oxygen atoms in total. The minimum atomic E-state index is -3.36. The topological polar surface area (TPSA) is 67.2 Å². The van der Waals surface area contributed by atoms with Crippen molar-refractivity contribution in [2.24, 2.45) is 5.92 Å². The number of rotatable bonds is 4. The third-order valence-electron chi connectivity index (χ3n) is 1.86. The zero-order valence-electron chi connectivity index (χ0n) is 6.86. The standard InChI is InChI=1S/C7H11NO3S/c1-2-11-12(9,10)7-5-6(7)3-4-8/h6-7H,2-3,5H2,1H3/t6-,7-/m1/s1. The SMILES string of the molecule is CCOS(=O)(=O)[C@@H]1C[C@H]1CC#N. The lowest BCUT2D eigenvalue weighted by molar-refractivity contribution is 0.336. The van der Waals surface area contributed by atoms with Gasteiger partial charge < -0.3 is 0 Å². The van der Waals surface area contributed by atoms with Crippen molar-refractivity contribution in [1.82, 2.24) is 0 Å². The third-order valence-corrected chi connectivity index (χ3v) is 3.75. The Kier molecular flexibility index (Phi) is 2.70. The van der Waals surface area contributed by atoms with Gasteiger partial charge in [0.2, 0.25) is 0 Å². The molecule has 0 N–H and O–H groups in total. The monoisotopic (exact) mass is 189 g/mol. The van der Waals surface area contributed by atoms with Crippen molar-refractivity contribution in [2.75, 3.05) is 6.61 Å². The lowest BCUT2D eigenvalue weighted by atomic mass is 10.3. The summed E-state index contributed by atoms with van der Waals surface area (Å²) >= 11 is 0. The van der Waals surface area contributed by atoms with Crippen LogP contribution in [0.25, 0.3) is 0 Å². The Hall–Kier alpha value is -0.600. The van der Waals surface area contributed by atoms with E-state index >= 15 is 0 Å². The Morgan fingerprint density at radius 2 is 2.33 bits per heavy atom. The van der Waals surface area contributed by atoms with Crippen LogP contribution < -0.4 is 0 Å². The van der Waals surface area contributed by atoms with Gasteiger partial charge in [0.15, 0.2) is 0 Å². The molecule has 1 rings (SSSR count). The number of hydrogen-bond donors (Lipinski definition) is 0. The highest BCUT2D eigenvalue weighted by atomic mass is 32.2. The Bertz CT molecular complexity index is 290. The van der Waals surface area contributed by atoms with Gasteiger partial charge in [-0.2, -0.15) is 13.7 Å².